The van der Waals surface area contributed by atoms with Crippen LogP contribution in [0.4, 0.5) is 0 Å². The van der Waals surface area contributed by atoms with Crippen molar-refractivity contribution in [1.82, 2.24) is 0 Å². The zero-order valence-electron chi connectivity index (χ0n) is 8.59. The van der Waals surface area contributed by atoms with Crippen LogP contribution in [0, 0.1) is 24.2 Å². The molecule has 1 aliphatic rings. The third-order valence-corrected chi connectivity index (χ3v) is 3.20. The van der Waals surface area contributed by atoms with Crippen molar-refractivity contribution in [1.29, 1.82) is 5.26 Å². The number of nitriles is 1. The van der Waals surface area contributed by atoms with Crippen LogP contribution in [-0.4, -0.2) is 0 Å². The van der Waals surface area contributed by atoms with Gasteiger partial charge in [0.25, 0.3) is 0 Å². The molecule has 0 bridgehead atoms. The second kappa shape index (κ2) is 3.84. The number of nitrogens with zero attached hydrogens (tertiary/aromatic N) is 1. The van der Waals surface area contributed by atoms with E-state index in [1.165, 1.54) is 23.1 Å². The van der Waals surface area contributed by atoms with E-state index in [2.05, 4.69) is 31.2 Å². The van der Waals surface area contributed by atoms with Gasteiger partial charge >= 0.3 is 0 Å². The molecule has 14 heavy (non-hydrogen) atoms. The van der Waals surface area contributed by atoms with Crippen LogP contribution >= 0.6 is 0 Å². The highest BCUT2D eigenvalue weighted by atomic mass is 14.3. The summed E-state index contributed by atoms with van der Waals surface area (Å²) in [5, 5.41) is 8.69. The lowest BCUT2D eigenvalue weighted by atomic mass is 9.81. The van der Waals surface area contributed by atoms with Gasteiger partial charge in [0.2, 0.25) is 0 Å². The Hall–Kier alpha value is -1.29. The summed E-state index contributed by atoms with van der Waals surface area (Å²) in [4.78, 5) is 0. The molecule has 1 aromatic carbocycles. The maximum atomic E-state index is 8.69. The largest absolute Gasteiger partial charge is 0.198 e. The molecule has 72 valence electrons. The van der Waals surface area contributed by atoms with Gasteiger partial charge in [0.05, 0.1) is 6.07 Å². The van der Waals surface area contributed by atoms with Gasteiger partial charge in [0, 0.05) is 6.42 Å². The Morgan fingerprint density at radius 3 is 3.14 bits per heavy atom. The standard InChI is InChI=1S/C13H15N/c1-10-3-2-4-12-6-5-11(7-8-14)9-13(10)12/h2-4,11H,5-7,9H2,1H3. The van der Waals surface area contributed by atoms with E-state index in [4.69, 9.17) is 5.26 Å². The molecule has 1 heteroatoms. The molecule has 0 spiro atoms. The van der Waals surface area contributed by atoms with Crippen molar-refractivity contribution in [2.24, 2.45) is 5.92 Å². The van der Waals surface area contributed by atoms with E-state index in [0.29, 0.717) is 12.3 Å². The molecule has 1 aliphatic carbocycles. The van der Waals surface area contributed by atoms with E-state index in [1.807, 2.05) is 0 Å². The molecule has 1 nitrogen and oxygen atoms in total. The van der Waals surface area contributed by atoms with Gasteiger partial charge in [-0.3, -0.25) is 0 Å². The van der Waals surface area contributed by atoms with Crippen molar-refractivity contribution >= 4 is 0 Å². The van der Waals surface area contributed by atoms with Gasteiger partial charge in [0.15, 0.2) is 0 Å². The van der Waals surface area contributed by atoms with Gasteiger partial charge in [0.1, 0.15) is 0 Å². The maximum absolute atomic E-state index is 8.69. The van der Waals surface area contributed by atoms with Gasteiger partial charge in [-0.25, -0.2) is 0 Å². The molecule has 0 aromatic heterocycles. The highest BCUT2D eigenvalue weighted by molar-refractivity contribution is 5.36. The molecule has 0 radical (unpaired) electrons. The molecule has 0 saturated heterocycles. The Kier molecular flexibility index (Phi) is 2.54. The second-order valence-corrected chi connectivity index (χ2v) is 4.18. The van der Waals surface area contributed by atoms with E-state index < -0.39 is 0 Å². The lowest BCUT2D eigenvalue weighted by Gasteiger charge is -2.24. The quantitative estimate of drug-likeness (QED) is 0.659. The van der Waals surface area contributed by atoms with E-state index in [1.54, 1.807) is 0 Å². The second-order valence-electron chi connectivity index (χ2n) is 4.18. The maximum Gasteiger partial charge on any atom is 0.0624 e. The number of aryl methyl sites for hydroxylation is 2. The summed E-state index contributed by atoms with van der Waals surface area (Å²) < 4.78 is 0. The Bertz CT molecular complexity index is 373. The van der Waals surface area contributed by atoms with Crippen LogP contribution in [0.5, 0.6) is 0 Å². The molecule has 0 fully saturated rings. The molecule has 2 rings (SSSR count). The summed E-state index contributed by atoms with van der Waals surface area (Å²) in [5.41, 5.74) is 4.39. The molecule has 0 heterocycles. The van der Waals surface area contributed by atoms with Crippen molar-refractivity contribution in [3.63, 3.8) is 0 Å². The first-order valence-electron chi connectivity index (χ1n) is 5.25. The summed E-state index contributed by atoms with van der Waals surface area (Å²) in [6.45, 7) is 2.17. The molecule has 0 N–H and O–H groups in total. The molecule has 1 atom stereocenters. The van der Waals surface area contributed by atoms with Gasteiger partial charge < -0.3 is 0 Å². The van der Waals surface area contributed by atoms with Crippen molar-refractivity contribution in [2.45, 2.75) is 32.6 Å². The van der Waals surface area contributed by atoms with Gasteiger partial charge in [-0.15, -0.1) is 0 Å². The van der Waals surface area contributed by atoms with E-state index in [9.17, 15) is 0 Å². The Morgan fingerprint density at radius 2 is 2.36 bits per heavy atom. The first-order valence-corrected chi connectivity index (χ1v) is 5.25. The minimum atomic E-state index is 0.591. The molecular formula is C13H15N. The number of hydrogen-bond donors (Lipinski definition) is 0. The summed E-state index contributed by atoms with van der Waals surface area (Å²) in [7, 11) is 0. The van der Waals surface area contributed by atoms with E-state index >= 15 is 0 Å². The fourth-order valence-electron chi connectivity index (χ4n) is 2.34. The molecule has 1 unspecified atom stereocenters. The lowest BCUT2D eigenvalue weighted by Crippen LogP contribution is -2.14. The average molecular weight is 185 g/mol. The van der Waals surface area contributed by atoms with Gasteiger partial charge in [-0.05, 0) is 48.8 Å². The first-order chi connectivity index (χ1) is 6.81. The zero-order valence-corrected chi connectivity index (χ0v) is 8.59. The number of rotatable bonds is 1. The van der Waals surface area contributed by atoms with Crippen LogP contribution in [-0.2, 0) is 12.8 Å². The number of fused-ring (bicyclic) bond motifs is 1. The number of hydrogen-bond acceptors (Lipinski definition) is 1. The highest BCUT2D eigenvalue weighted by Gasteiger charge is 2.19. The Morgan fingerprint density at radius 1 is 1.50 bits per heavy atom. The fourth-order valence-corrected chi connectivity index (χ4v) is 2.34. The normalized spacial score (nSPS) is 19.9. The minimum Gasteiger partial charge on any atom is -0.198 e. The zero-order chi connectivity index (χ0) is 9.97. The van der Waals surface area contributed by atoms with Crippen molar-refractivity contribution in [3.05, 3.63) is 34.9 Å². The van der Waals surface area contributed by atoms with Crippen molar-refractivity contribution in [3.8, 4) is 6.07 Å². The molecular weight excluding hydrogens is 170 g/mol. The lowest BCUT2D eigenvalue weighted by molar-refractivity contribution is 0.466. The van der Waals surface area contributed by atoms with Crippen molar-refractivity contribution in [2.75, 3.05) is 0 Å². The topological polar surface area (TPSA) is 23.8 Å². The molecule has 1 aromatic rings. The highest BCUT2D eigenvalue weighted by Crippen LogP contribution is 2.29. The minimum absolute atomic E-state index is 0.591. The van der Waals surface area contributed by atoms with E-state index in [-0.39, 0.29) is 0 Å². The predicted octanol–water partition coefficient (Wildman–Crippen LogP) is 3.01. The monoisotopic (exact) mass is 185 g/mol. The number of benzene rings is 1. The third kappa shape index (κ3) is 1.65. The Labute approximate surface area is 85.4 Å². The van der Waals surface area contributed by atoms with Gasteiger partial charge in [-0.2, -0.15) is 5.26 Å². The average Bonchev–Trinajstić information content (AvgIpc) is 2.20. The van der Waals surface area contributed by atoms with Crippen molar-refractivity contribution < 1.29 is 0 Å². The van der Waals surface area contributed by atoms with Crippen LogP contribution in [0.3, 0.4) is 0 Å². The predicted molar refractivity (Wildman–Crippen MR) is 56.9 cm³/mol. The van der Waals surface area contributed by atoms with Crippen LogP contribution in [0.15, 0.2) is 18.2 Å². The van der Waals surface area contributed by atoms with Crippen LogP contribution in [0.2, 0.25) is 0 Å². The molecule has 0 amide bonds. The van der Waals surface area contributed by atoms with E-state index in [0.717, 1.165) is 12.8 Å². The van der Waals surface area contributed by atoms with Crippen LogP contribution < -0.4 is 0 Å². The summed E-state index contributed by atoms with van der Waals surface area (Å²) in [6, 6.07) is 8.83. The molecule has 0 aliphatic heterocycles. The summed E-state index contributed by atoms with van der Waals surface area (Å²) >= 11 is 0. The van der Waals surface area contributed by atoms with Crippen LogP contribution in [0.1, 0.15) is 29.5 Å². The Balaban J connectivity index is 2.25. The van der Waals surface area contributed by atoms with Crippen LogP contribution in [0.25, 0.3) is 0 Å². The van der Waals surface area contributed by atoms with Gasteiger partial charge in [-0.1, -0.05) is 18.2 Å². The third-order valence-electron chi connectivity index (χ3n) is 3.20. The first kappa shape index (κ1) is 9.27. The smallest absolute Gasteiger partial charge is 0.0624 e. The SMILES string of the molecule is Cc1cccc2c1CC(CC#N)CC2. The fraction of sp³-hybridized carbons (Fsp3) is 0.462. The summed E-state index contributed by atoms with van der Waals surface area (Å²) in [6.07, 6.45) is 4.16. The summed E-state index contributed by atoms with van der Waals surface area (Å²) in [5.74, 6) is 0.591. The molecule has 0 saturated carbocycles.